The van der Waals surface area contributed by atoms with Crippen molar-refractivity contribution in [3.8, 4) is 5.75 Å². The minimum absolute atomic E-state index is 0.0200. The number of carbonyl (C=O) groups is 2. The van der Waals surface area contributed by atoms with Gasteiger partial charge in [-0.3, -0.25) is 14.4 Å². The van der Waals surface area contributed by atoms with Crippen LogP contribution in [0.25, 0.3) is 10.2 Å². The summed E-state index contributed by atoms with van der Waals surface area (Å²) in [6.07, 6.45) is 1.62. The molecule has 1 aliphatic rings. The number of ether oxygens (including phenoxy) is 1. The zero-order valence-electron chi connectivity index (χ0n) is 12.4. The van der Waals surface area contributed by atoms with Crippen LogP contribution < -0.4 is 15.5 Å². The second-order valence-corrected chi connectivity index (χ2v) is 6.33. The van der Waals surface area contributed by atoms with Gasteiger partial charge in [0.1, 0.15) is 5.75 Å². The van der Waals surface area contributed by atoms with Crippen molar-refractivity contribution in [2.75, 3.05) is 11.9 Å². The first-order chi connectivity index (χ1) is 11.6. The van der Waals surface area contributed by atoms with Gasteiger partial charge in [0.15, 0.2) is 17.8 Å². The zero-order valence-corrected chi connectivity index (χ0v) is 13.3. The summed E-state index contributed by atoms with van der Waals surface area (Å²) in [5.41, 5.74) is 1.67. The molecule has 0 saturated heterocycles. The molecule has 24 heavy (non-hydrogen) atoms. The van der Waals surface area contributed by atoms with Crippen LogP contribution in [-0.4, -0.2) is 22.9 Å². The number of Topliss-reactive ketones (excluding diaryl/α,β-unsaturated/α-hetero) is 1. The van der Waals surface area contributed by atoms with E-state index in [2.05, 4.69) is 5.32 Å². The van der Waals surface area contributed by atoms with Gasteiger partial charge in [-0.2, -0.15) is 0 Å². The van der Waals surface area contributed by atoms with Gasteiger partial charge in [-0.05, 0) is 29.6 Å². The summed E-state index contributed by atoms with van der Waals surface area (Å²) >= 11 is 1.36. The summed E-state index contributed by atoms with van der Waals surface area (Å²) in [6.45, 7) is 0.0922. The quantitative estimate of drug-likeness (QED) is 0.742. The van der Waals surface area contributed by atoms with Gasteiger partial charge < -0.3 is 14.6 Å². The number of amides is 1. The lowest BCUT2D eigenvalue weighted by molar-refractivity contribution is -0.118. The molecule has 0 saturated carbocycles. The van der Waals surface area contributed by atoms with Gasteiger partial charge in [-0.25, -0.2) is 0 Å². The fraction of sp³-hybridized carbons (Fsp3) is 0.118. The number of ketones is 1. The van der Waals surface area contributed by atoms with Crippen LogP contribution in [0.3, 0.4) is 0 Å². The summed E-state index contributed by atoms with van der Waals surface area (Å²) in [7, 11) is 0. The van der Waals surface area contributed by atoms with Gasteiger partial charge in [0, 0.05) is 17.8 Å². The third kappa shape index (κ3) is 2.48. The number of hydrogen-bond donors (Lipinski definition) is 1. The summed E-state index contributed by atoms with van der Waals surface area (Å²) in [6, 6.07) is 8.25. The third-order valence-corrected chi connectivity index (χ3v) is 4.75. The van der Waals surface area contributed by atoms with E-state index >= 15 is 0 Å². The molecule has 1 amide bonds. The average Bonchev–Trinajstić information content (AvgIpc) is 3.07. The van der Waals surface area contributed by atoms with Gasteiger partial charge in [0.2, 0.25) is 0 Å². The maximum absolute atomic E-state index is 12.6. The highest BCUT2D eigenvalue weighted by Crippen LogP contribution is 2.28. The Balaban J connectivity index is 1.66. The molecule has 0 unspecified atom stereocenters. The van der Waals surface area contributed by atoms with Crippen LogP contribution in [0.2, 0.25) is 0 Å². The fourth-order valence-electron chi connectivity index (χ4n) is 2.67. The average molecular weight is 340 g/mol. The fourth-order valence-corrected chi connectivity index (χ4v) is 3.49. The Bertz CT molecular complexity index is 1030. The Morgan fingerprint density at radius 3 is 3.00 bits per heavy atom. The Kier molecular flexibility index (Phi) is 3.42. The van der Waals surface area contributed by atoms with Crippen LogP contribution in [-0.2, 0) is 11.3 Å². The second kappa shape index (κ2) is 5.61. The standard InChI is InChI=1S/C17H12N2O4S/c20-13-3-5-19(12-4-6-24-17(12)13)8-14(21)10-1-2-15-11(7-10)18-16(22)9-23-15/h1-7H,8-9H2,(H,18,22). The summed E-state index contributed by atoms with van der Waals surface area (Å²) in [4.78, 5) is 35.8. The zero-order chi connectivity index (χ0) is 16.7. The lowest BCUT2D eigenvalue weighted by Gasteiger charge is -2.18. The second-order valence-electron chi connectivity index (χ2n) is 5.41. The first-order valence-corrected chi connectivity index (χ1v) is 8.16. The van der Waals surface area contributed by atoms with Crippen LogP contribution in [0.15, 0.2) is 46.7 Å². The first kappa shape index (κ1) is 14.6. The van der Waals surface area contributed by atoms with E-state index in [0.717, 1.165) is 5.52 Å². The maximum Gasteiger partial charge on any atom is 0.262 e. The molecule has 6 nitrogen and oxygen atoms in total. The molecular formula is C17H12N2O4S. The number of fused-ring (bicyclic) bond motifs is 2. The predicted molar refractivity (Wildman–Crippen MR) is 91.0 cm³/mol. The molecule has 4 rings (SSSR count). The molecule has 0 spiro atoms. The van der Waals surface area contributed by atoms with Crippen molar-refractivity contribution >= 4 is 38.9 Å². The molecule has 1 N–H and O–H groups in total. The molecule has 1 aliphatic heterocycles. The van der Waals surface area contributed by atoms with Crippen molar-refractivity contribution in [3.63, 3.8) is 0 Å². The molecule has 0 atom stereocenters. The smallest absolute Gasteiger partial charge is 0.262 e. The van der Waals surface area contributed by atoms with E-state index in [1.807, 2.05) is 11.4 Å². The molecule has 120 valence electrons. The van der Waals surface area contributed by atoms with E-state index in [9.17, 15) is 14.4 Å². The largest absolute Gasteiger partial charge is 0.482 e. The number of rotatable bonds is 3. The molecule has 1 aromatic carbocycles. The van der Waals surface area contributed by atoms with Crippen LogP contribution in [0.5, 0.6) is 5.75 Å². The number of anilines is 1. The van der Waals surface area contributed by atoms with E-state index in [-0.39, 0.29) is 30.3 Å². The molecule has 0 aliphatic carbocycles. The number of nitrogens with one attached hydrogen (secondary N) is 1. The molecule has 0 fully saturated rings. The topological polar surface area (TPSA) is 77.4 Å². The van der Waals surface area contributed by atoms with Crippen molar-refractivity contribution in [1.29, 1.82) is 0 Å². The van der Waals surface area contributed by atoms with Crippen molar-refractivity contribution < 1.29 is 14.3 Å². The van der Waals surface area contributed by atoms with Gasteiger partial charge in [0.05, 0.1) is 22.4 Å². The summed E-state index contributed by atoms with van der Waals surface area (Å²) in [5.74, 6) is 0.191. The molecule has 0 radical (unpaired) electrons. The third-order valence-electron chi connectivity index (χ3n) is 3.83. The lowest BCUT2D eigenvalue weighted by Crippen LogP contribution is -2.25. The number of nitrogens with zero attached hydrogens (tertiary/aromatic N) is 1. The molecule has 2 aromatic heterocycles. The summed E-state index contributed by atoms with van der Waals surface area (Å²) < 4.78 is 7.68. The Hall–Kier alpha value is -2.93. The molecule has 7 heteroatoms. The number of aromatic nitrogens is 1. The molecular weight excluding hydrogens is 328 g/mol. The van der Waals surface area contributed by atoms with E-state index in [1.54, 1.807) is 29.0 Å². The monoisotopic (exact) mass is 340 g/mol. The molecule has 3 heterocycles. The number of hydrogen-bond acceptors (Lipinski definition) is 5. The number of benzene rings is 1. The summed E-state index contributed by atoms with van der Waals surface area (Å²) in [5, 5.41) is 4.52. The van der Waals surface area contributed by atoms with E-state index in [4.69, 9.17) is 4.74 Å². The Morgan fingerprint density at radius 2 is 2.12 bits per heavy atom. The van der Waals surface area contributed by atoms with E-state index < -0.39 is 0 Å². The number of carbonyl (C=O) groups excluding carboxylic acids is 2. The minimum atomic E-state index is -0.243. The normalized spacial score (nSPS) is 13.2. The number of pyridine rings is 1. The Morgan fingerprint density at radius 1 is 1.25 bits per heavy atom. The number of thiophene rings is 1. The molecule has 3 aromatic rings. The van der Waals surface area contributed by atoms with Crippen molar-refractivity contribution in [2.24, 2.45) is 0 Å². The van der Waals surface area contributed by atoms with Crippen molar-refractivity contribution in [3.05, 3.63) is 57.7 Å². The van der Waals surface area contributed by atoms with E-state index in [1.165, 1.54) is 17.4 Å². The van der Waals surface area contributed by atoms with Crippen LogP contribution in [0.1, 0.15) is 10.4 Å². The highest BCUT2D eigenvalue weighted by Gasteiger charge is 2.18. The highest BCUT2D eigenvalue weighted by molar-refractivity contribution is 7.17. The lowest BCUT2D eigenvalue weighted by atomic mass is 10.1. The van der Waals surface area contributed by atoms with Crippen LogP contribution in [0, 0.1) is 0 Å². The van der Waals surface area contributed by atoms with E-state index in [0.29, 0.717) is 21.7 Å². The Labute approximate surface area is 140 Å². The van der Waals surface area contributed by atoms with Gasteiger partial charge >= 0.3 is 0 Å². The van der Waals surface area contributed by atoms with Crippen molar-refractivity contribution in [2.45, 2.75) is 6.54 Å². The maximum atomic E-state index is 12.6. The van der Waals surface area contributed by atoms with Gasteiger partial charge in [-0.15, -0.1) is 11.3 Å². The van der Waals surface area contributed by atoms with Crippen molar-refractivity contribution in [1.82, 2.24) is 4.57 Å². The minimum Gasteiger partial charge on any atom is -0.482 e. The van der Waals surface area contributed by atoms with Gasteiger partial charge in [0.25, 0.3) is 5.91 Å². The first-order valence-electron chi connectivity index (χ1n) is 7.28. The van der Waals surface area contributed by atoms with Gasteiger partial charge in [-0.1, -0.05) is 0 Å². The predicted octanol–water partition coefficient (Wildman–Crippen LogP) is 2.28. The van der Waals surface area contributed by atoms with Crippen LogP contribution in [0.4, 0.5) is 5.69 Å². The molecule has 0 bridgehead atoms. The highest BCUT2D eigenvalue weighted by atomic mass is 32.1. The SMILES string of the molecule is O=C1COc2ccc(C(=O)Cn3ccc(=O)c4sccc43)cc2N1. The van der Waals surface area contributed by atoms with Crippen LogP contribution >= 0.6 is 11.3 Å².